The third-order valence-electron chi connectivity index (χ3n) is 3.57. The summed E-state index contributed by atoms with van der Waals surface area (Å²) in [4.78, 5) is 12.3. The Balaban J connectivity index is 2.65. The van der Waals surface area contributed by atoms with Crippen LogP contribution in [-0.2, 0) is 6.42 Å². The Hall–Kier alpha value is -1.41. The molecule has 2 heteroatoms. The van der Waals surface area contributed by atoms with Crippen molar-refractivity contribution in [3.8, 4) is 0 Å². The standard InChI is InChI=1S/C14H16O2/c1-4-14(16)12(15)11-8-6-5-7-10(11)9-13(14,2)3/h4-8,16H,1,9H2,2-3H3. The summed E-state index contributed by atoms with van der Waals surface area (Å²) in [5.41, 5.74) is -0.352. The highest BCUT2D eigenvalue weighted by Crippen LogP contribution is 2.42. The zero-order chi connectivity index (χ0) is 12.0. The van der Waals surface area contributed by atoms with Gasteiger partial charge in [0, 0.05) is 11.0 Å². The second kappa shape index (κ2) is 3.29. The van der Waals surface area contributed by atoms with Crippen LogP contribution in [-0.4, -0.2) is 16.5 Å². The lowest BCUT2D eigenvalue weighted by molar-refractivity contribution is -0.0123. The highest BCUT2D eigenvalue weighted by molar-refractivity contribution is 6.06. The highest BCUT2D eigenvalue weighted by Gasteiger charge is 2.51. The first-order chi connectivity index (χ1) is 7.42. The van der Waals surface area contributed by atoms with Gasteiger partial charge < -0.3 is 5.11 Å². The number of rotatable bonds is 1. The van der Waals surface area contributed by atoms with Gasteiger partial charge in [0.05, 0.1) is 0 Å². The molecule has 0 aliphatic heterocycles. The van der Waals surface area contributed by atoms with Crippen LogP contribution < -0.4 is 0 Å². The molecule has 0 fully saturated rings. The van der Waals surface area contributed by atoms with Crippen molar-refractivity contribution < 1.29 is 9.90 Å². The number of ketones is 1. The van der Waals surface area contributed by atoms with Gasteiger partial charge in [0.2, 0.25) is 0 Å². The first-order valence-corrected chi connectivity index (χ1v) is 5.41. The van der Waals surface area contributed by atoms with E-state index in [1.54, 1.807) is 6.07 Å². The molecule has 0 bridgehead atoms. The molecule has 84 valence electrons. The van der Waals surface area contributed by atoms with Gasteiger partial charge in [0.1, 0.15) is 0 Å². The Kier molecular flexibility index (Phi) is 2.28. The first kappa shape index (κ1) is 11.1. The Morgan fingerprint density at radius 2 is 2.00 bits per heavy atom. The van der Waals surface area contributed by atoms with E-state index in [9.17, 15) is 9.90 Å². The molecule has 0 heterocycles. The third-order valence-corrected chi connectivity index (χ3v) is 3.57. The topological polar surface area (TPSA) is 37.3 Å². The average Bonchev–Trinajstić information content (AvgIpc) is 2.25. The number of Topliss-reactive ketones (excluding diaryl/α,β-unsaturated/α-hetero) is 1. The van der Waals surface area contributed by atoms with Crippen molar-refractivity contribution in [2.75, 3.05) is 0 Å². The van der Waals surface area contributed by atoms with E-state index in [4.69, 9.17) is 0 Å². The molecule has 0 saturated carbocycles. The number of hydrogen-bond acceptors (Lipinski definition) is 2. The molecule has 1 aromatic carbocycles. The number of aliphatic hydroxyl groups is 1. The fraction of sp³-hybridized carbons (Fsp3) is 0.357. The Labute approximate surface area is 95.6 Å². The number of fused-ring (bicyclic) bond motifs is 1. The second-order valence-corrected chi connectivity index (χ2v) is 5.02. The molecule has 1 atom stereocenters. The van der Waals surface area contributed by atoms with Gasteiger partial charge in [-0.1, -0.05) is 50.8 Å². The maximum atomic E-state index is 12.3. The molecule has 0 spiro atoms. The van der Waals surface area contributed by atoms with Gasteiger partial charge in [-0.2, -0.15) is 0 Å². The summed E-state index contributed by atoms with van der Waals surface area (Å²) in [5.74, 6) is -0.241. The lowest BCUT2D eigenvalue weighted by Gasteiger charge is -2.43. The summed E-state index contributed by atoms with van der Waals surface area (Å²) >= 11 is 0. The van der Waals surface area contributed by atoms with Gasteiger partial charge in [-0.3, -0.25) is 4.79 Å². The minimum Gasteiger partial charge on any atom is -0.377 e. The molecule has 1 aliphatic carbocycles. The van der Waals surface area contributed by atoms with Crippen LogP contribution in [0.25, 0.3) is 0 Å². The molecule has 0 saturated heterocycles. The van der Waals surface area contributed by atoms with Gasteiger partial charge in [-0.05, 0) is 12.0 Å². The van der Waals surface area contributed by atoms with E-state index in [1.807, 2.05) is 32.0 Å². The van der Waals surface area contributed by atoms with Crippen molar-refractivity contribution in [2.45, 2.75) is 25.9 Å². The van der Waals surface area contributed by atoms with Crippen LogP contribution in [0.15, 0.2) is 36.9 Å². The maximum Gasteiger partial charge on any atom is 0.199 e. The van der Waals surface area contributed by atoms with Crippen LogP contribution in [0.3, 0.4) is 0 Å². The fourth-order valence-electron chi connectivity index (χ4n) is 2.39. The number of benzene rings is 1. The van der Waals surface area contributed by atoms with Crippen molar-refractivity contribution in [3.63, 3.8) is 0 Å². The lowest BCUT2D eigenvalue weighted by Crippen LogP contribution is -2.54. The molecule has 1 N–H and O–H groups in total. The van der Waals surface area contributed by atoms with Crippen molar-refractivity contribution in [3.05, 3.63) is 48.0 Å². The van der Waals surface area contributed by atoms with E-state index < -0.39 is 11.0 Å². The maximum absolute atomic E-state index is 12.3. The predicted octanol–water partition coefficient (Wildman–Crippen LogP) is 2.37. The van der Waals surface area contributed by atoms with Gasteiger partial charge in [-0.25, -0.2) is 0 Å². The molecule has 0 aromatic heterocycles. The zero-order valence-corrected chi connectivity index (χ0v) is 9.66. The SMILES string of the molecule is C=CC1(O)C(=O)c2ccccc2CC1(C)C. The molecule has 0 radical (unpaired) electrons. The smallest absolute Gasteiger partial charge is 0.199 e. The van der Waals surface area contributed by atoms with Gasteiger partial charge in [0.15, 0.2) is 11.4 Å². The molecule has 2 rings (SSSR count). The monoisotopic (exact) mass is 216 g/mol. The fourth-order valence-corrected chi connectivity index (χ4v) is 2.39. The van der Waals surface area contributed by atoms with Crippen molar-refractivity contribution >= 4 is 5.78 Å². The summed E-state index contributed by atoms with van der Waals surface area (Å²) in [6.07, 6.45) is 2.04. The van der Waals surface area contributed by atoms with Crippen molar-refractivity contribution in [1.82, 2.24) is 0 Å². The molecule has 1 aromatic rings. The molecule has 0 amide bonds. The van der Waals surface area contributed by atoms with Crippen LogP contribution >= 0.6 is 0 Å². The summed E-state index contributed by atoms with van der Waals surface area (Å²) < 4.78 is 0. The Bertz CT molecular complexity index is 460. The van der Waals surface area contributed by atoms with E-state index in [0.29, 0.717) is 12.0 Å². The van der Waals surface area contributed by atoms with E-state index >= 15 is 0 Å². The molecular weight excluding hydrogens is 200 g/mol. The summed E-state index contributed by atoms with van der Waals surface area (Å²) in [5, 5.41) is 10.5. The van der Waals surface area contributed by atoms with Crippen molar-refractivity contribution in [2.24, 2.45) is 5.41 Å². The molecule has 16 heavy (non-hydrogen) atoms. The lowest BCUT2D eigenvalue weighted by atomic mass is 9.63. The number of carbonyl (C=O) groups excluding carboxylic acids is 1. The predicted molar refractivity (Wildman–Crippen MR) is 63.4 cm³/mol. The minimum atomic E-state index is -1.46. The van der Waals surface area contributed by atoms with Crippen molar-refractivity contribution in [1.29, 1.82) is 0 Å². The zero-order valence-electron chi connectivity index (χ0n) is 9.66. The van der Waals surface area contributed by atoms with Gasteiger partial charge in [0.25, 0.3) is 0 Å². The van der Waals surface area contributed by atoms with Gasteiger partial charge in [-0.15, -0.1) is 0 Å². The number of carbonyl (C=O) groups is 1. The quantitative estimate of drug-likeness (QED) is 0.732. The highest BCUT2D eigenvalue weighted by atomic mass is 16.3. The number of hydrogen-bond donors (Lipinski definition) is 1. The average molecular weight is 216 g/mol. The molecule has 1 unspecified atom stereocenters. The Morgan fingerprint density at radius 1 is 1.38 bits per heavy atom. The minimum absolute atomic E-state index is 0.241. The van der Waals surface area contributed by atoms with E-state index in [-0.39, 0.29) is 5.78 Å². The normalized spacial score (nSPS) is 27.3. The third kappa shape index (κ3) is 1.26. The van der Waals surface area contributed by atoms with Crippen LogP contribution in [0, 0.1) is 5.41 Å². The molecule has 2 nitrogen and oxygen atoms in total. The van der Waals surface area contributed by atoms with Crippen LogP contribution in [0.1, 0.15) is 29.8 Å². The van der Waals surface area contributed by atoms with E-state index in [1.165, 1.54) is 6.08 Å². The summed E-state index contributed by atoms with van der Waals surface area (Å²) in [6, 6.07) is 7.44. The van der Waals surface area contributed by atoms with Crippen LogP contribution in [0.5, 0.6) is 0 Å². The van der Waals surface area contributed by atoms with Crippen LogP contribution in [0.4, 0.5) is 0 Å². The van der Waals surface area contributed by atoms with Crippen LogP contribution in [0.2, 0.25) is 0 Å². The van der Waals surface area contributed by atoms with E-state index in [2.05, 4.69) is 6.58 Å². The Morgan fingerprint density at radius 3 is 2.62 bits per heavy atom. The first-order valence-electron chi connectivity index (χ1n) is 5.41. The summed E-state index contributed by atoms with van der Waals surface area (Å²) in [6.45, 7) is 7.39. The summed E-state index contributed by atoms with van der Waals surface area (Å²) in [7, 11) is 0. The second-order valence-electron chi connectivity index (χ2n) is 5.02. The van der Waals surface area contributed by atoms with E-state index in [0.717, 1.165) is 5.56 Å². The van der Waals surface area contributed by atoms with Gasteiger partial charge >= 0.3 is 0 Å². The molecular formula is C14H16O2. The largest absolute Gasteiger partial charge is 0.377 e. The molecule has 1 aliphatic rings.